The molecule has 1 amide bonds. The topological polar surface area (TPSA) is 436 Å². The first kappa shape index (κ1) is 48.5. The zero-order chi connectivity index (χ0) is 43.6. The average molecular weight is 870 g/mol. The van der Waals surface area contributed by atoms with Gasteiger partial charge in [0.1, 0.15) is 122 Å². The zero-order valence-electron chi connectivity index (χ0n) is 31.2. The Kier molecular flexibility index (Phi) is 17.1. The molecule has 0 bridgehead atoms. The molecular weight excluding hydrogens is 814 g/mol. The lowest BCUT2D eigenvalue weighted by Crippen LogP contribution is -2.70. The quantitative estimate of drug-likeness (QED) is 0.0770. The van der Waals surface area contributed by atoms with Gasteiger partial charge in [-0.1, -0.05) is 0 Å². The van der Waals surface area contributed by atoms with Crippen LogP contribution in [0, 0.1) is 0 Å². The number of aliphatic hydroxyl groups excluding tert-OH is 16. The van der Waals surface area contributed by atoms with Crippen LogP contribution in [0.5, 0.6) is 0 Å². The standard InChI is InChI=1S/C32H55NO26/c1-7(39)33-13-17(43)24(56-31-23(49)27(16(42)10(4-36)53-31)59-30-21(47)18(44)14(40)8(2-34)52-30)12(6-38)55-29(13)58-26-15(41)9(3-35)54-32(22(26)48)57-25-11(5-37)51-28(50)20(46)19(25)45/h8-32,34-38,40-50H,2-6H2,1H3,(H,33,39). The molecule has 5 fully saturated rings. The Morgan fingerprint density at radius 3 is 1.24 bits per heavy atom. The highest BCUT2D eigenvalue weighted by molar-refractivity contribution is 5.73. The second kappa shape index (κ2) is 20.8. The summed E-state index contributed by atoms with van der Waals surface area (Å²) in [6, 6.07) is -1.72. The number of carbonyl (C=O) groups excluding carboxylic acids is 1. The first-order valence-electron chi connectivity index (χ1n) is 18.6. The molecule has 0 aliphatic carbocycles. The van der Waals surface area contributed by atoms with Crippen LogP contribution in [-0.4, -0.2) is 274 Å². The molecule has 0 saturated carbocycles. The van der Waals surface area contributed by atoms with Crippen molar-refractivity contribution in [1.29, 1.82) is 0 Å². The van der Waals surface area contributed by atoms with E-state index in [2.05, 4.69) is 5.32 Å². The third-order valence-electron chi connectivity index (χ3n) is 10.7. The molecule has 27 nitrogen and oxygen atoms in total. The number of aliphatic hydroxyl groups is 16. The molecule has 5 rings (SSSR count). The van der Waals surface area contributed by atoms with Crippen LogP contribution in [0.2, 0.25) is 0 Å². The van der Waals surface area contributed by atoms with E-state index in [9.17, 15) is 86.5 Å². The van der Waals surface area contributed by atoms with Crippen LogP contribution in [0.4, 0.5) is 0 Å². The van der Waals surface area contributed by atoms with E-state index >= 15 is 0 Å². The molecular formula is C32H55NO26. The minimum Gasteiger partial charge on any atom is -0.394 e. The van der Waals surface area contributed by atoms with Crippen molar-refractivity contribution in [3.05, 3.63) is 0 Å². The first-order valence-corrected chi connectivity index (χ1v) is 18.6. The van der Waals surface area contributed by atoms with Crippen molar-refractivity contribution >= 4 is 5.91 Å². The van der Waals surface area contributed by atoms with Crippen LogP contribution in [0.3, 0.4) is 0 Å². The van der Waals surface area contributed by atoms with Gasteiger partial charge >= 0.3 is 0 Å². The van der Waals surface area contributed by atoms with Gasteiger partial charge < -0.3 is 130 Å². The van der Waals surface area contributed by atoms with Crippen molar-refractivity contribution in [3.8, 4) is 0 Å². The van der Waals surface area contributed by atoms with Crippen molar-refractivity contribution in [1.82, 2.24) is 5.32 Å². The predicted molar refractivity (Wildman–Crippen MR) is 178 cm³/mol. The fourth-order valence-corrected chi connectivity index (χ4v) is 7.43. The summed E-state index contributed by atoms with van der Waals surface area (Å²) >= 11 is 0. The maximum absolute atomic E-state index is 12.4. The lowest BCUT2D eigenvalue weighted by molar-refractivity contribution is -0.386. The summed E-state index contributed by atoms with van der Waals surface area (Å²) in [5.41, 5.74) is 0. The van der Waals surface area contributed by atoms with Gasteiger partial charge in [-0.2, -0.15) is 0 Å². The predicted octanol–water partition coefficient (Wildman–Crippen LogP) is -11.8. The third kappa shape index (κ3) is 10.2. The molecule has 5 aliphatic rings. The molecule has 0 aromatic carbocycles. The van der Waals surface area contributed by atoms with Crippen LogP contribution in [0.15, 0.2) is 0 Å². The summed E-state index contributed by atoms with van der Waals surface area (Å²) in [4.78, 5) is 12.4. The van der Waals surface area contributed by atoms with E-state index in [0.717, 1.165) is 6.92 Å². The molecule has 25 atom stereocenters. The molecule has 5 aliphatic heterocycles. The summed E-state index contributed by atoms with van der Waals surface area (Å²) < 4.78 is 50.0. The number of hydrogen-bond acceptors (Lipinski definition) is 26. The van der Waals surface area contributed by atoms with Gasteiger partial charge in [0, 0.05) is 6.92 Å². The molecule has 27 heteroatoms. The number of amides is 1. The van der Waals surface area contributed by atoms with Crippen LogP contribution in [0.25, 0.3) is 0 Å². The van der Waals surface area contributed by atoms with Crippen LogP contribution in [0.1, 0.15) is 6.92 Å². The molecule has 59 heavy (non-hydrogen) atoms. The molecule has 344 valence electrons. The second-order valence-corrected chi connectivity index (χ2v) is 14.7. The van der Waals surface area contributed by atoms with Gasteiger partial charge in [0.2, 0.25) is 5.91 Å². The zero-order valence-corrected chi connectivity index (χ0v) is 31.2. The summed E-state index contributed by atoms with van der Waals surface area (Å²) in [5.74, 6) is -0.817. The number of hydrogen-bond donors (Lipinski definition) is 17. The third-order valence-corrected chi connectivity index (χ3v) is 10.7. The maximum Gasteiger partial charge on any atom is 0.217 e. The van der Waals surface area contributed by atoms with Crippen LogP contribution < -0.4 is 5.32 Å². The van der Waals surface area contributed by atoms with E-state index in [1.807, 2.05) is 0 Å². The smallest absolute Gasteiger partial charge is 0.217 e. The highest BCUT2D eigenvalue weighted by Crippen LogP contribution is 2.35. The Morgan fingerprint density at radius 2 is 0.780 bits per heavy atom. The number of carbonyl (C=O) groups is 1. The highest BCUT2D eigenvalue weighted by Gasteiger charge is 2.57. The van der Waals surface area contributed by atoms with Gasteiger partial charge in [-0.3, -0.25) is 4.79 Å². The van der Waals surface area contributed by atoms with Gasteiger partial charge in [0.05, 0.1) is 33.0 Å². The van der Waals surface area contributed by atoms with Gasteiger partial charge in [0.25, 0.3) is 0 Å². The molecule has 0 spiro atoms. The molecule has 0 aromatic rings. The fraction of sp³-hybridized carbons (Fsp3) is 0.969. The van der Waals surface area contributed by atoms with Gasteiger partial charge in [-0.15, -0.1) is 0 Å². The lowest BCUT2D eigenvalue weighted by atomic mass is 9.94. The minimum atomic E-state index is -2.09. The molecule has 5 saturated heterocycles. The van der Waals surface area contributed by atoms with Gasteiger partial charge in [-0.25, -0.2) is 0 Å². The van der Waals surface area contributed by atoms with Gasteiger partial charge in [0.15, 0.2) is 31.5 Å². The van der Waals surface area contributed by atoms with E-state index in [4.69, 9.17) is 42.6 Å². The van der Waals surface area contributed by atoms with Crippen molar-refractivity contribution in [2.45, 2.75) is 160 Å². The highest BCUT2D eigenvalue weighted by atomic mass is 16.8. The monoisotopic (exact) mass is 869 g/mol. The van der Waals surface area contributed by atoms with E-state index in [1.54, 1.807) is 0 Å². The molecule has 5 heterocycles. The summed E-state index contributed by atoms with van der Waals surface area (Å²) in [5, 5.41) is 169. The van der Waals surface area contributed by atoms with E-state index in [1.165, 1.54) is 0 Å². The number of ether oxygens (including phenoxy) is 9. The maximum atomic E-state index is 12.4. The molecule has 17 N–H and O–H groups in total. The van der Waals surface area contributed by atoms with Crippen molar-refractivity contribution in [3.63, 3.8) is 0 Å². The van der Waals surface area contributed by atoms with E-state index in [0.29, 0.717) is 0 Å². The molecule has 0 radical (unpaired) electrons. The van der Waals surface area contributed by atoms with Crippen LogP contribution in [-0.2, 0) is 47.4 Å². The number of rotatable bonds is 14. The summed E-state index contributed by atoms with van der Waals surface area (Å²) in [6.45, 7) is -3.57. The van der Waals surface area contributed by atoms with E-state index in [-0.39, 0.29) is 0 Å². The Morgan fingerprint density at radius 1 is 0.407 bits per heavy atom. The Bertz CT molecular complexity index is 1320. The number of nitrogens with one attached hydrogen (secondary N) is 1. The van der Waals surface area contributed by atoms with E-state index < -0.39 is 192 Å². The lowest BCUT2D eigenvalue weighted by Gasteiger charge is -2.50. The second-order valence-electron chi connectivity index (χ2n) is 14.7. The molecule has 0 aromatic heterocycles. The first-order chi connectivity index (χ1) is 27.9. The average Bonchev–Trinajstić information content (AvgIpc) is 3.21. The minimum absolute atomic E-state index is 0.817. The SMILES string of the molecule is CC(=O)NC1C(OC2C(O)C(CO)OC(OC3C(CO)OC(O)C(O)C3O)C2O)OC(CO)C(OC2OC(CO)C(O)C(OC3OC(CO)C(O)C(O)C3O)C2O)C1O. The van der Waals surface area contributed by atoms with Crippen molar-refractivity contribution in [2.75, 3.05) is 33.0 Å². The largest absolute Gasteiger partial charge is 0.394 e. The fourth-order valence-electron chi connectivity index (χ4n) is 7.43. The normalized spacial score (nSPS) is 51.0. The Hall–Kier alpha value is -1.53. The Labute approximate surface area is 333 Å². The van der Waals surface area contributed by atoms with Crippen LogP contribution >= 0.6 is 0 Å². The van der Waals surface area contributed by atoms with Crippen molar-refractivity contribution < 1.29 is 129 Å². The summed E-state index contributed by atoms with van der Waals surface area (Å²) in [6.07, 6.45) is -44.3. The van der Waals surface area contributed by atoms with Crippen molar-refractivity contribution in [2.24, 2.45) is 0 Å². The Balaban J connectivity index is 1.35. The van der Waals surface area contributed by atoms with Gasteiger partial charge in [-0.05, 0) is 0 Å². The molecule has 25 unspecified atom stereocenters. The summed E-state index contributed by atoms with van der Waals surface area (Å²) in [7, 11) is 0.